The summed E-state index contributed by atoms with van der Waals surface area (Å²) in [4.78, 5) is 69.0. The number of likely N-dealkylation sites (N-methyl/N-ethyl adjacent to an activating group) is 1. The monoisotopic (exact) mass is 1320 g/mol. The molecule has 17 heteroatoms. The van der Waals surface area contributed by atoms with Crippen LogP contribution in [0.5, 0.6) is 11.8 Å². The van der Waals surface area contributed by atoms with E-state index < -0.39 is 23.8 Å². The van der Waals surface area contributed by atoms with Crippen LogP contribution in [0.3, 0.4) is 0 Å². The molecule has 1 aliphatic carbocycles. The van der Waals surface area contributed by atoms with Crippen LogP contribution in [0, 0.1) is 41.7 Å². The second-order valence-corrected chi connectivity index (χ2v) is 27.8. The number of aromatic hydroxyl groups is 1. The Balaban J connectivity index is 0.000000214. The maximum absolute atomic E-state index is 16.0. The number of carbonyl (C=O) groups excluding carboxylic acids is 4. The van der Waals surface area contributed by atoms with Gasteiger partial charge in [-0.3, -0.25) is 38.9 Å². The number of halogens is 2. The van der Waals surface area contributed by atoms with Crippen molar-refractivity contribution in [2.75, 3.05) is 50.2 Å². The Kier molecular flexibility index (Phi) is 30.6. The average molecular weight is 1320 g/mol. The molecule has 3 amide bonds. The summed E-state index contributed by atoms with van der Waals surface area (Å²) in [5.74, 6) is 1.76. The van der Waals surface area contributed by atoms with Gasteiger partial charge in [0, 0.05) is 69.4 Å². The summed E-state index contributed by atoms with van der Waals surface area (Å²) in [6, 6.07) is 12.8. The van der Waals surface area contributed by atoms with Gasteiger partial charge in [-0.15, -0.1) is 0 Å². The Morgan fingerprint density at radius 3 is 2.19 bits per heavy atom. The van der Waals surface area contributed by atoms with E-state index >= 15 is 4.39 Å². The van der Waals surface area contributed by atoms with Crippen molar-refractivity contribution in [3.8, 4) is 23.0 Å². The van der Waals surface area contributed by atoms with Crippen LogP contribution in [0.1, 0.15) is 247 Å². The number of carbonyl (C=O) groups is 4. The summed E-state index contributed by atoms with van der Waals surface area (Å²) in [5.41, 5.74) is 4.54. The first-order valence-electron chi connectivity index (χ1n) is 36.4. The zero-order chi connectivity index (χ0) is 69.7. The predicted octanol–water partition coefficient (Wildman–Crippen LogP) is 17.6. The summed E-state index contributed by atoms with van der Waals surface area (Å²) >= 11 is 0. The maximum atomic E-state index is 16.0. The molecule has 0 spiro atoms. The molecular formula is C78H117F2N7O8. The van der Waals surface area contributed by atoms with Crippen LogP contribution >= 0.6 is 0 Å². The summed E-state index contributed by atoms with van der Waals surface area (Å²) in [5, 5.41) is 21.9. The smallest absolute Gasteiger partial charge is 0.318 e. The number of benzene rings is 3. The van der Waals surface area contributed by atoms with Crippen molar-refractivity contribution >= 4 is 56.9 Å². The van der Waals surface area contributed by atoms with Gasteiger partial charge in [-0.2, -0.15) is 9.97 Å². The van der Waals surface area contributed by atoms with E-state index in [1.165, 1.54) is 152 Å². The van der Waals surface area contributed by atoms with Gasteiger partial charge in [0.05, 0.1) is 18.6 Å². The highest BCUT2D eigenvalue weighted by molar-refractivity contribution is 6.07. The Hall–Kier alpha value is -6.33. The molecule has 2 aromatic heterocycles. The SMILES string of the molecule is CC.CC(=O)OCC1CCC2CCCN21.CCCC(=O)N(c1ccc(C(CCC)CCC(C)CC)cc1C)C1CCC(=O)N(C)C1=O.CCCC1(CCC(C)CC)CC(C)C1.CCc1c(F)ccc2cc(O)cc(-c3ncc4c(N5CCCC(O)C5)nc(OC)nc4c3F)c12. The average Bonchev–Trinajstić information content (AvgIpc) is 1.17. The van der Waals surface area contributed by atoms with E-state index in [0.29, 0.717) is 84.9 Å². The van der Waals surface area contributed by atoms with Crippen molar-refractivity contribution in [1.29, 1.82) is 0 Å². The number of hydrogen-bond donors (Lipinski definition) is 2. The molecule has 7 unspecified atom stereocenters. The van der Waals surface area contributed by atoms with Crippen LogP contribution in [0.25, 0.3) is 32.9 Å². The van der Waals surface area contributed by atoms with Crippen molar-refractivity contribution in [3.05, 3.63) is 77.0 Å². The lowest BCUT2D eigenvalue weighted by molar-refractivity contribution is -0.148. The number of pyridine rings is 1. The number of methoxy groups -OCH3 is 1. The van der Waals surface area contributed by atoms with Gasteiger partial charge in [-0.05, 0) is 191 Å². The molecule has 6 heterocycles. The molecule has 0 radical (unpaired) electrons. The fourth-order valence-corrected chi connectivity index (χ4v) is 15.2. The largest absolute Gasteiger partial charge is 0.508 e. The van der Waals surface area contributed by atoms with Crippen molar-refractivity contribution in [1.82, 2.24) is 24.8 Å². The number of β-amino-alcohol motifs (C(OH)–C–C–N with tert-alkyl or cyclic N) is 1. The molecule has 5 aliphatic rings. The van der Waals surface area contributed by atoms with Crippen molar-refractivity contribution < 1.29 is 47.6 Å². The number of imide groups is 1. The molecule has 4 aliphatic heterocycles. The molecule has 7 atom stereocenters. The van der Waals surface area contributed by atoms with Crippen LogP contribution in [-0.2, 0) is 30.3 Å². The van der Waals surface area contributed by atoms with Crippen LogP contribution in [-0.4, -0.2) is 123 Å². The van der Waals surface area contributed by atoms with Crippen LogP contribution in [0.4, 0.5) is 20.3 Å². The maximum Gasteiger partial charge on any atom is 0.318 e. The number of ether oxygens (including phenoxy) is 2. The number of fused-ring (bicyclic) bond motifs is 3. The molecule has 1 saturated carbocycles. The first kappa shape index (κ1) is 77.7. The number of rotatable bonds is 23. The highest BCUT2D eigenvalue weighted by atomic mass is 19.1. The fraction of sp³-hybridized carbons (Fsp3) is 0.654. The van der Waals surface area contributed by atoms with E-state index in [-0.39, 0.29) is 58.6 Å². The van der Waals surface area contributed by atoms with Gasteiger partial charge in [0.1, 0.15) is 41.2 Å². The van der Waals surface area contributed by atoms with Gasteiger partial charge in [-0.1, -0.05) is 133 Å². The molecule has 4 saturated heterocycles. The second-order valence-electron chi connectivity index (χ2n) is 27.8. The molecule has 5 fully saturated rings. The standard InChI is InChI=1S/C27H42N2O3.C25H24F2N4O3.C14H28.C10H17NO2.C2H6/c1-7-10-21(13-12-19(4)9-3)22-14-15-23(20(5)18-22)29(26(31)11-8-2)24-16-17-25(30)28(6)27(24)32;1-3-16-19(26)7-6-13-9-15(33)10-17(20(13)16)22-21(27)23-18(11-28-22)24(30-25(29-23)34-2)31-8-4-5-14(32)12-31;1-5-8-14(10-13(4)11-14)9-7-12(3)6-2;1-8(12)13-7-10-5-4-9-3-2-6-11(9)10;1-2/h14-15,18-19,21,24H,7-13,16-17H2,1-6H3;6-7,9-11,14,32-33H,3-5,8,12H2,1-2H3;12-13H,5-11H2,1-4H3;9-10H,2-7H2,1H3;1-2H3. The molecule has 15 nitrogen and oxygen atoms in total. The van der Waals surface area contributed by atoms with E-state index in [2.05, 4.69) is 80.5 Å². The topological polar surface area (TPSA) is 179 Å². The lowest BCUT2D eigenvalue weighted by Crippen LogP contribution is -2.55. The number of phenolic OH excluding ortho intramolecular Hbond substituents is 1. The van der Waals surface area contributed by atoms with Crippen molar-refractivity contribution in [2.45, 2.75) is 268 Å². The zero-order valence-electron chi connectivity index (χ0n) is 60.6. The fourth-order valence-electron chi connectivity index (χ4n) is 15.2. The Morgan fingerprint density at radius 2 is 1.56 bits per heavy atom. The molecule has 526 valence electrons. The van der Waals surface area contributed by atoms with E-state index in [1.54, 1.807) is 11.0 Å². The van der Waals surface area contributed by atoms with Crippen LogP contribution in [0.15, 0.2) is 48.7 Å². The summed E-state index contributed by atoms with van der Waals surface area (Å²) in [7, 11) is 2.91. The second kappa shape index (κ2) is 37.4. The number of aryl methyl sites for hydroxylation is 2. The third-order valence-electron chi connectivity index (χ3n) is 20.7. The van der Waals surface area contributed by atoms with Crippen molar-refractivity contribution in [3.63, 3.8) is 0 Å². The lowest BCUT2D eigenvalue weighted by atomic mass is 9.58. The molecule has 5 aromatic rings. The summed E-state index contributed by atoms with van der Waals surface area (Å²) in [6.07, 6.45) is 25.8. The van der Waals surface area contributed by atoms with Gasteiger partial charge in [0.25, 0.3) is 5.91 Å². The van der Waals surface area contributed by atoms with Crippen molar-refractivity contribution in [2.24, 2.45) is 23.2 Å². The number of piperidine rings is 2. The minimum absolute atomic E-state index is 0.00198. The number of nitrogens with zero attached hydrogens (tertiary/aromatic N) is 7. The Bertz CT molecular complexity index is 3300. The van der Waals surface area contributed by atoms with E-state index in [4.69, 9.17) is 9.47 Å². The molecule has 2 N–H and O–H groups in total. The number of esters is 1. The van der Waals surface area contributed by atoms with E-state index in [9.17, 15) is 33.8 Å². The van der Waals surface area contributed by atoms with E-state index in [1.807, 2.05) is 45.6 Å². The quantitative estimate of drug-likeness (QED) is 0.0467. The minimum Gasteiger partial charge on any atom is -0.508 e. The number of aliphatic hydroxyl groups is 1. The van der Waals surface area contributed by atoms with Gasteiger partial charge in [0.15, 0.2) is 5.82 Å². The Labute approximate surface area is 567 Å². The normalized spacial score (nSPS) is 21.7. The third kappa shape index (κ3) is 20.2. The Morgan fingerprint density at radius 1 is 0.842 bits per heavy atom. The zero-order valence-corrected chi connectivity index (χ0v) is 60.6. The number of anilines is 2. The molecule has 10 rings (SSSR count). The lowest BCUT2D eigenvalue weighted by Gasteiger charge is -2.47. The van der Waals surface area contributed by atoms with Gasteiger partial charge < -0.3 is 24.6 Å². The van der Waals surface area contributed by atoms with Crippen LogP contribution in [0.2, 0.25) is 0 Å². The number of aromatic nitrogens is 3. The summed E-state index contributed by atoms with van der Waals surface area (Å²) in [6.45, 7) is 30.4. The number of likely N-dealkylation sites (tertiary alicyclic amines) is 1. The number of phenols is 1. The molecule has 95 heavy (non-hydrogen) atoms. The number of aliphatic hydroxyl groups excluding tert-OH is 1. The van der Waals surface area contributed by atoms with Gasteiger partial charge >= 0.3 is 12.0 Å². The molecular weight excluding hydrogens is 1200 g/mol. The third-order valence-corrected chi connectivity index (χ3v) is 20.7. The first-order chi connectivity index (χ1) is 45.5. The minimum atomic E-state index is -0.727. The van der Waals surface area contributed by atoms with Gasteiger partial charge in [0.2, 0.25) is 11.8 Å². The predicted molar refractivity (Wildman–Crippen MR) is 381 cm³/mol. The van der Waals surface area contributed by atoms with E-state index in [0.717, 1.165) is 66.1 Å². The molecule has 3 aromatic carbocycles. The highest BCUT2D eigenvalue weighted by Gasteiger charge is 2.42. The van der Waals surface area contributed by atoms with Crippen LogP contribution < -0.4 is 14.5 Å². The number of hydrogen-bond acceptors (Lipinski definition) is 13. The number of amides is 3. The van der Waals surface area contributed by atoms with Gasteiger partial charge in [-0.25, -0.2) is 8.78 Å². The molecule has 0 bridgehead atoms. The summed E-state index contributed by atoms with van der Waals surface area (Å²) < 4.78 is 40.9. The first-order valence-corrected chi connectivity index (χ1v) is 36.4. The highest BCUT2D eigenvalue weighted by Crippen LogP contribution is 2.52.